The number of hydrogen-bond donors (Lipinski definition) is 2. The molecule has 0 radical (unpaired) electrons. The van der Waals surface area contributed by atoms with E-state index in [0.717, 1.165) is 0 Å². The molecule has 2 aromatic heterocycles. The van der Waals surface area contributed by atoms with Crippen molar-refractivity contribution in [3.05, 3.63) is 79.0 Å². The fourth-order valence-electron chi connectivity index (χ4n) is 3.41. The lowest BCUT2D eigenvalue weighted by Crippen LogP contribution is -2.08. The molecule has 0 aliphatic heterocycles. The van der Waals surface area contributed by atoms with Crippen LogP contribution in [0, 0.1) is 0 Å². The van der Waals surface area contributed by atoms with E-state index in [2.05, 4.69) is 9.97 Å². The lowest BCUT2D eigenvalue weighted by Gasteiger charge is -2.07. The van der Waals surface area contributed by atoms with Crippen LogP contribution in [0.3, 0.4) is 0 Å². The predicted octanol–water partition coefficient (Wildman–Crippen LogP) is 4.98. The number of halogens is 2. The van der Waals surface area contributed by atoms with Crippen LogP contribution in [-0.2, 0) is 0 Å². The number of aromatic amines is 2. The predicted molar refractivity (Wildman–Crippen MR) is 108 cm³/mol. The molecule has 2 heterocycles. The molecule has 126 valence electrons. The minimum absolute atomic E-state index is 0.118. The minimum Gasteiger partial charge on any atom is -0.354 e. The van der Waals surface area contributed by atoms with Crippen LogP contribution in [-0.4, -0.2) is 9.97 Å². The average molecular weight is 381 g/mol. The SMILES string of the molecule is O=c1c2ccc(Cl)cc2[nH]c2cc3c(=O)c4cccc(Cl)c4[nH]c3cc12. The number of H-pyrrole nitrogens is 2. The van der Waals surface area contributed by atoms with Gasteiger partial charge in [-0.15, -0.1) is 0 Å². The van der Waals surface area contributed by atoms with E-state index in [-0.39, 0.29) is 10.9 Å². The largest absolute Gasteiger partial charge is 0.354 e. The zero-order chi connectivity index (χ0) is 18.0. The van der Waals surface area contributed by atoms with E-state index < -0.39 is 0 Å². The maximum Gasteiger partial charge on any atom is 0.197 e. The first kappa shape index (κ1) is 15.4. The summed E-state index contributed by atoms with van der Waals surface area (Å²) >= 11 is 12.3. The zero-order valence-corrected chi connectivity index (χ0v) is 14.7. The van der Waals surface area contributed by atoms with Crippen molar-refractivity contribution in [1.29, 1.82) is 0 Å². The van der Waals surface area contributed by atoms with Crippen LogP contribution in [0.15, 0.2) is 58.1 Å². The molecule has 0 spiro atoms. The molecule has 0 aliphatic rings. The third-order valence-corrected chi connectivity index (χ3v) is 5.21. The van der Waals surface area contributed by atoms with Crippen molar-refractivity contribution in [2.45, 2.75) is 0 Å². The minimum atomic E-state index is -0.134. The molecule has 5 rings (SSSR count). The van der Waals surface area contributed by atoms with Crippen LogP contribution in [0.1, 0.15) is 0 Å². The van der Waals surface area contributed by atoms with Gasteiger partial charge < -0.3 is 9.97 Å². The van der Waals surface area contributed by atoms with Gasteiger partial charge in [-0.2, -0.15) is 0 Å². The molecule has 5 aromatic rings. The van der Waals surface area contributed by atoms with Crippen molar-refractivity contribution in [2.75, 3.05) is 0 Å². The van der Waals surface area contributed by atoms with E-state index in [9.17, 15) is 9.59 Å². The molecule has 6 heteroatoms. The number of para-hydroxylation sites is 1. The maximum absolute atomic E-state index is 12.9. The summed E-state index contributed by atoms with van der Waals surface area (Å²) in [5, 5.41) is 3.03. The van der Waals surface area contributed by atoms with Crippen molar-refractivity contribution < 1.29 is 0 Å². The summed E-state index contributed by atoms with van der Waals surface area (Å²) in [6.07, 6.45) is 0. The number of aromatic nitrogens is 2. The van der Waals surface area contributed by atoms with Crippen molar-refractivity contribution in [1.82, 2.24) is 9.97 Å². The number of hydrogen-bond acceptors (Lipinski definition) is 2. The highest BCUT2D eigenvalue weighted by Gasteiger charge is 2.12. The molecule has 0 saturated carbocycles. The van der Waals surface area contributed by atoms with E-state index in [1.165, 1.54) is 0 Å². The normalized spacial score (nSPS) is 11.8. The van der Waals surface area contributed by atoms with E-state index in [1.54, 1.807) is 48.5 Å². The molecule has 2 N–H and O–H groups in total. The standard InChI is InChI=1S/C20H10Cl2N2O2/c21-9-4-5-10-15(6-9)23-16-7-13-17(8-12(16)19(10)25)24-18-11(20(13)26)2-1-3-14(18)22/h1-8H,(H,23,25)(H,24,26). The van der Waals surface area contributed by atoms with Crippen LogP contribution in [0.2, 0.25) is 10.0 Å². The smallest absolute Gasteiger partial charge is 0.197 e. The van der Waals surface area contributed by atoms with Crippen LogP contribution in [0.4, 0.5) is 0 Å². The first-order chi connectivity index (χ1) is 12.5. The van der Waals surface area contributed by atoms with Gasteiger partial charge in [-0.25, -0.2) is 0 Å². The lowest BCUT2D eigenvalue weighted by molar-refractivity contribution is 1.46. The third kappa shape index (κ3) is 2.09. The number of benzene rings is 3. The Morgan fingerprint density at radius 1 is 0.654 bits per heavy atom. The number of pyridine rings is 2. The Morgan fingerprint density at radius 3 is 2.08 bits per heavy atom. The Labute approximate surface area is 156 Å². The van der Waals surface area contributed by atoms with Crippen molar-refractivity contribution in [3.63, 3.8) is 0 Å². The third-order valence-electron chi connectivity index (χ3n) is 4.66. The Kier molecular flexibility index (Phi) is 3.17. The summed E-state index contributed by atoms with van der Waals surface area (Å²) in [6.45, 7) is 0. The van der Waals surface area contributed by atoms with Gasteiger partial charge in [0, 0.05) is 26.6 Å². The van der Waals surface area contributed by atoms with Gasteiger partial charge in [0.25, 0.3) is 0 Å². The summed E-state index contributed by atoms with van der Waals surface area (Å²) in [6, 6.07) is 13.7. The quantitative estimate of drug-likeness (QED) is 0.372. The summed E-state index contributed by atoms with van der Waals surface area (Å²) in [7, 11) is 0. The zero-order valence-electron chi connectivity index (χ0n) is 13.2. The van der Waals surface area contributed by atoms with Crippen LogP contribution < -0.4 is 10.9 Å². The van der Waals surface area contributed by atoms with Crippen molar-refractivity contribution >= 4 is 66.8 Å². The van der Waals surface area contributed by atoms with Gasteiger partial charge in [-0.1, -0.05) is 29.3 Å². The molecular formula is C20H10Cl2N2O2. The molecule has 26 heavy (non-hydrogen) atoms. The summed E-state index contributed by atoms with van der Waals surface area (Å²) in [4.78, 5) is 32.2. The van der Waals surface area contributed by atoms with Gasteiger partial charge in [-0.3, -0.25) is 9.59 Å². The molecule has 0 amide bonds. The first-order valence-electron chi connectivity index (χ1n) is 7.92. The molecule has 0 aliphatic carbocycles. The molecule has 0 saturated heterocycles. The van der Waals surface area contributed by atoms with Gasteiger partial charge in [0.15, 0.2) is 10.9 Å². The number of nitrogens with one attached hydrogen (secondary N) is 2. The Morgan fingerprint density at radius 2 is 1.31 bits per heavy atom. The second-order valence-corrected chi connectivity index (χ2v) is 7.05. The van der Waals surface area contributed by atoms with Gasteiger partial charge >= 0.3 is 0 Å². The van der Waals surface area contributed by atoms with Crippen LogP contribution >= 0.6 is 23.2 Å². The van der Waals surface area contributed by atoms with Crippen LogP contribution in [0.5, 0.6) is 0 Å². The molecule has 0 fully saturated rings. The highest BCUT2D eigenvalue weighted by Crippen LogP contribution is 2.25. The van der Waals surface area contributed by atoms with E-state index in [0.29, 0.717) is 53.7 Å². The summed E-state index contributed by atoms with van der Waals surface area (Å²) in [5.74, 6) is 0. The average Bonchev–Trinajstić information content (AvgIpc) is 2.62. The molecule has 3 aromatic carbocycles. The fraction of sp³-hybridized carbons (Fsp3) is 0. The van der Waals surface area contributed by atoms with E-state index >= 15 is 0 Å². The Hall–Kier alpha value is -2.82. The second-order valence-electron chi connectivity index (χ2n) is 6.20. The van der Waals surface area contributed by atoms with Gasteiger partial charge in [0.2, 0.25) is 0 Å². The number of fused-ring (bicyclic) bond motifs is 4. The molecule has 0 atom stereocenters. The molecular weight excluding hydrogens is 371 g/mol. The fourth-order valence-corrected chi connectivity index (χ4v) is 3.80. The van der Waals surface area contributed by atoms with Gasteiger partial charge in [-0.05, 0) is 42.5 Å². The monoisotopic (exact) mass is 380 g/mol. The highest BCUT2D eigenvalue weighted by atomic mass is 35.5. The van der Waals surface area contributed by atoms with E-state index in [1.807, 2.05) is 0 Å². The van der Waals surface area contributed by atoms with E-state index in [4.69, 9.17) is 23.2 Å². The van der Waals surface area contributed by atoms with Crippen molar-refractivity contribution in [2.24, 2.45) is 0 Å². The topological polar surface area (TPSA) is 65.7 Å². The second kappa shape index (κ2) is 5.34. The first-order valence-corrected chi connectivity index (χ1v) is 8.68. The van der Waals surface area contributed by atoms with Crippen LogP contribution in [0.25, 0.3) is 43.6 Å². The maximum atomic E-state index is 12.9. The summed E-state index contributed by atoms with van der Waals surface area (Å²) < 4.78 is 0. The molecule has 0 bridgehead atoms. The Balaban J connectivity index is 2.02. The molecule has 4 nitrogen and oxygen atoms in total. The Bertz CT molecular complexity index is 1500. The van der Waals surface area contributed by atoms with Gasteiger partial charge in [0.1, 0.15) is 0 Å². The van der Waals surface area contributed by atoms with Crippen molar-refractivity contribution in [3.8, 4) is 0 Å². The van der Waals surface area contributed by atoms with Gasteiger partial charge in [0.05, 0.1) is 27.1 Å². The molecule has 0 unspecified atom stereocenters. The summed E-state index contributed by atoms with van der Waals surface area (Å²) in [5.41, 5.74) is 2.10. The highest BCUT2D eigenvalue weighted by molar-refractivity contribution is 6.35. The number of rotatable bonds is 0. The lowest BCUT2D eigenvalue weighted by atomic mass is 10.1.